The van der Waals surface area contributed by atoms with Crippen LogP contribution in [0.15, 0.2) is 48.5 Å². The number of hydrogen-bond donors (Lipinski definition) is 4. The summed E-state index contributed by atoms with van der Waals surface area (Å²) in [5.74, 6) is -1.11. The Morgan fingerprint density at radius 3 is 2.40 bits per heavy atom. The van der Waals surface area contributed by atoms with Crippen LogP contribution in [0.1, 0.15) is 31.4 Å². The lowest BCUT2D eigenvalue weighted by Crippen LogP contribution is -2.43. The van der Waals surface area contributed by atoms with Crippen LogP contribution in [0.2, 0.25) is 0 Å². The Bertz CT molecular complexity index is 1180. The molecule has 1 amide bonds. The standard InChI is InChI=1S/C23H28N4O7S/c1-3-12-35(31,32)26-19(21(28)29)13-15-4-10-18(11-5-15)33-22-14(2)27(23(30)34-22)17-8-6-16(7-9-17)20(24)25/h4-11,14,19,22,26H,3,12-13H2,1-2H3,(H3,24,25)(H,28,29). The van der Waals surface area contributed by atoms with Crippen molar-refractivity contribution in [2.24, 2.45) is 5.73 Å². The van der Waals surface area contributed by atoms with Gasteiger partial charge in [-0.25, -0.2) is 17.9 Å². The van der Waals surface area contributed by atoms with E-state index < -0.39 is 40.5 Å². The Balaban J connectivity index is 1.65. The van der Waals surface area contributed by atoms with Gasteiger partial charge in [-0.2, -0.15) is 0 Å². The summed E-state index contributed by atoms with van der Waals surface area (Å²) in [5, 5.41) is 16.9. The molecule has 0 bridgehead atoms. The molecule has 1 fully saturated rings. The van der Waals surface area contributed by atoms with Crippen LogP contribution in [-0.2, 0) is 26.0 Å². The monoisotopic (exact) mass is 504 g/mol. The van der Waals surface area contributed by atoms with Crippen molar-refractivity contribution in [3.63, 3.8) is 0 Å². The van der Waals surface area contributed by atoms with E-state index >= 15 is 0 Å². The molecule has 5 N–H and O–H groups in total. The average molecular weight is 505 g/mol. The second-order valence-electron chi connectivity index (χ2n) is 8.12. The van der Waals surface area contributed by atoms with Gasteiger partial charge in [-0.1, -0.05) is 19.1 Å². The number of benzene rings is 2. The molecule has 0 spiro atoms. The Hall–Kier alpha value is -3.64. The van der Waals surface area contributed by atoms with Gasteiger partial charge in [-0.15, -0.1) is 0 Å². The van der Waals surface area contributed by atoms with Gasteiger partial charge in [0.25, 0.3) is 6.29 Å². The molecule has 188 valence electrons. The number of carboxylic acid groups (broad SMARTS) is 1. The number of ether oxygens (including phenoxy) is 2. The van der Waals surface area contributed by atoms with Gasteiger partial charge >= 0.3 is 12.1 Å². The molecule has 2 aromatic carbocycles. The van der Waals surface area contributed by atoms with Gasteiger partial charge in [0.15, 0.2) is 0 Å². The molecule has 0 saturated carbocycles. The fourth-order valence-corrected chi connectivity index (χ4v) is 4.88. The van der Waals surface area contributed by atoms with E-state index in [0.717, 1.165) is 0 Å². The van der Waals surface area contributed by atoms with Crippen LogP contribution in [-0.4, -0.2) is 55.5 Å². The minimum atomic E-state index is -3.69. The summed E-state index contributed by atoms with van der Waals surface area (Å²) in [4.78, 5) is 25.4. The fourth-order valence-electron chi connectivity index (χ4n) is 3.60. The molecule has 1 heterocycles. The number of nitrogens with two attached hydrogens (primary N) is 1. The average Bonchev–Trinajstić information content (AvgIpc) is 3.07. The third-order valence-corrected chi connectivity index (χ3v) is 6.97. The summed E-state index contributed by atoms with van der Waals surface area (Å²) in [5.41, 5.74) is 7.16. The molecule has 3 atom stereocenters. The molecule has 3 rings (SSSR count). The van der Waals surface area contributed by atoms with E-state index in [0.29, 0.717) is 29.0 Å². The maximum Gasteiger partial charge on any atom is 0.417 e. The van der Waals surface area contributed by atoms with Gasteiger partial charge in [-0.05, 0) is 61.7 Å². The molecule has 11 nitrogen and oxygen atoms in total. The van der Waals surface area contributed by atoms with Crippen LogP contribution in [0.25, 0.3) is 0 Å². The fraction of sp³-hybridized carbons (Fsp3) is 0.348. The number of rotatable bonds is 11. The third-order valence-electron chi connectivity index (χ3n) is 5.38. The number of amides is 1. The minimum absolute atomic E-state index is 0.0442. The number of carboxylic acids is 1. The van der Waals surface area contributed by atoms with Crippen molar-refractivity contribution in [2.75, 3.05) is 10.7 Å². The zero-order valence-corrected chi connectivity index (χ0v) is 20.1. The number of carbonyl (C=O) groups excluding carboxylic acids is 1. The zero-order chi connectivity index (χ0) is 25.8. The highest BCUT2D eigenvalue weighted by atomic mass is 32.2. The molecular formula is C23H28N4O7S. The van der Waals surface area contributed by atoms with Crippen LogP contribution in [0.3, 0.4) is 0 Å². The quantitative estimate of drug-likeness (QED) is 0.266. The van der Waals surface area contributed by atoms with E-state index in [9.17, 15) is 23.1 Å². The number of hydrogen-bond acceptors (Lipinski definition) is 7. The topological polar surface area (TPSA) is 172 Å². The lowest BCUT2D eigenvalue weighted by Gasteiger charge is -2.21. The molecule has 3 unspecified atom stereocenters. The van der Waals surface area contributed by atoms with Crippen LogP contribution < -0.4 is 20.1 Å². The van der Waals surface area contributed by atoms with E-state index in [1.165, 1.54) is 4.90 Å². The lowest BCUT2D eigenvalue weighted by molar-refractivity contribution is -0.138. The van der Waals surface area contributed by atoms with E-state index in [2.05, 4.69) is 4.72 Å². The molecule has 1 aliphatic heterocycles. The van der Waals surface area contributed by atoms with Crippen LogP contribution in [0, 0.1) is 5.41 Å². The molecule has 12 heteroatoms. The van der Waals surface area contributed by atoms with Crippen LogP contribution in [0.4, 0.5) is 10.5 Å². The molecule has 0 radical (unpaired) electrons. The maximum absolute atomic E-state index is 12.4. The van der Waals surface area contributed by atoms with Crippen molar-refractivity contribution in [1.29, 1.82) is 5.41 Å². The first kappa shape index (κ1) is 26.0. The second kappa shape index (κ2) is 10.7. The highest BCUT2D eigenvalue weighted by Crippen LogP contribution is 2.29. The summed E-state index contributed by atoms with van der Waals surface area (Å²) >= 11 is 0. The molecule has 2 aromatic rings. The number of nitrogens with zero attached hydrogens (tertiary/aromatic N) is 1. The van der Waals surface area contributed by atoms with Crippen molar-refractivity contribution in [3.05, 3.63) is 59.7 Å². The Morgan fingerprint density at radius 1 is 1.23 bits per heavy atom. The van der Waals surface area contributed by atoms with Gasteiger partial charge in [-0.3, -0.25) is 15.1 Å². The minimum Gasteiger partial charge on any atom is -0.480 e. The van der Waals surface area contributed by atoms with Gasteiger partial charge < -0.3 is 20.3 Å². The molecule has 35 heavy (non-hydrogen) atoms. The van der Waals surface area contributed by atoms with Crippen LogP contribution in [0.5, 0.6) is 5.75 Å². The summed E-state index contributed by atoms with van der Waals surface area (Å²) in [6, 6.07) is 11.3. The number of anilines is 1. The predicted molar refractivity (Wildman–Crippen MR) is 129 cm³/mol. The summed E-state index contributed by atoms with van der Waals surface area (Å²) in [6.45, 7) is 3.46. The SMILES string of the molecule is CCCS(=O)(=O)NC(Cc1ccc(OC2OC(=O)N(c3ccc(C(=N)N)cc3)C2C)cc1)C(=O)O. The Kier molecular flexibility index (Phi) is 7.97. The van der Waals surface area contributed by atoms with E-state index in [1.54, 1.807) is 62.4 Å². The summed E-state index contributed by atoms with van der Waals surface area (Å²) in [7, 11) is -3.69. The van der Waals surface area contributed by atoms with Crippen molar-refractivity contribution in [3.8, 4) is 5.75 Å². The van der Waals surface area contributed by atoms with Crippen LogP contribution >= 0.6 is 0 Å². The molecule has 1 saturated heterocycles. The predicted octanol–water partition coefficient (Wildman–Crippen LogP) is 2.05. The van der Waals surface area contributed by atoms with Crippen molar-refractivity contribution >= 4 is 33.6 Å². The number of amidine groups is 1. The molecular weight excluding hydrogens is 476 g/mol. The number of carbonyl (C=O) groups is 2. The third kappa shape index (κ3) is 6.49. The Labute approximate surface area is 203 Å². The first-order valence-electron chi connectivity index (χ1n) is 10.9. The number of cyclic esters (lactones) is 1. The molecule has 1 aliphatic rings. The van der Waals surface area contributed by atoms with Crippen molar-refractivity contribution < 1.29 is 32.6 Å². The lowest BCUT2D eigenvalue weighted by atomic mass is 10.1. The van der Waals surface area contributed by atoms with Gasteiger partial charge in [0, 0.05) is 11.3 Å². The zero-order valence-electron chi connectivity index (χ0n) is 19.3. The Morgan fingerprint density at radius 2 is 1.86 bits per heavy atom. The van der Waals surface area contributed by atoms with Gasteiger partial charge in [0.05, 0.1) is 5.75 Å². The van der Waals surface area contributed by atoms with E-state index in [4.69, 9.17) is 20.6 Å². The normalized spacial score (nSPS) is 18.7. The van der Waals surface area contributed by atoms with Crippen molar-refractivity contribution in [2.45, 2.75) is 45.1 Å². The molecule has 0 aliphatic carbocycles. The first-order chi connectivity index (χ1) is 16.5. The number of sulfonamides is 1. The molecule has 0 aromatic heterocycles. The van der Waals surface area contributed by atoms with Gasteiger partial charge in [0.2, 0.25) is 10.0 Å². The number of aliphatic carboxylic acids is 1. The number of nitrogens with one attached hydrogen (secondary N) is 2. The van der Waals surface area contributed by atoms with Gasteiger partial charge in [0.1, 0.15) is 23.7 Å². The van der Waals surface area contributed by atoms with E-state index in [-0.39, 0.29) is 18.0 Å². The van der Waals surface area contributed by atoms with Crippen molar-refractivity contribution in [1.82, 2.24) is 4.72 Å². The smallest absolute Gasteiger partial charge is 0.417 e. The first-order valence-corrected chi connectivity index (χ1v) is 12.6. The second-order valence-corrected chi connectivity index (χ2v) is 9.99. The highest BCUT2D eigenvalue weighted by Gasteiger charge is 2.41. The van der Waals surface area contributed by atoms with E-state index in [1.807, 2.05) is 0 Å². The highest BCUT2D eigenvalue weighted by molar-refractivity contribution is 7.89. The summed E-state index contributed by atoms with van der Waals surface area (Å²) < 4.78 is 37.3. The maximum atomic E-state index is 12.4. The number of nitrogen functional groups attached to an aromatic ring is 1. The largest absolute Gasteiger partial charge is 0.480 e. The summed E-state index contributed by atoms with van der Waals surface area (Å²) in [6.07, 6.45) is -1.15.